The lowest BCUT2D eigenvalue weighted by atomic mass is 10.1. The number of rotatable bonds is 4. The van der Waals surface area contributed by atoms with Crippen LogP contribution in [0.1, 0.15) is 15.9 Å². The minimum absolute atomic E-state index is 0.0618. The molecule has 2 aromatic rings. The van der Waals surface area contributed by atoms with Crippen LogP contribution in [-0.4, -0.2) is 17.0 Å². The summed E-state index contributed by atoms with van der Waals surface area (Å²) < 4.78 is 0.886. The highest BCUT2D eigenvalue weighted by Gasteiger charge is 2.09. The first kappa shape index (κ1) is 13.8. The lowest BCUT2D eigenvalue weighted by molar-refractivity contribution is -0.136. The Kier molecular flexibility index (Phi) is 4.34. The summed E-state index contributed by atoms with van der Waals surface area (Å²) in [5.74, 6) is -1.11. The third-order valence-electron chi connectivity index (χ3n) is 2.37. The van der Waals surface area contributed by atoms with Gasteiger partial charge in [0.05, 0.1) is 15.8 Å². The third-order valence-corrected chi connectivity index (χ3v) is 3.87. The second-order valence-corrected chi connectivity index (χ2v) is 6.15. The molecule has 1 aromatic heterocycles. The number of hydrogen-bond acceptors (Lipinski definition) is 3. The Hall–Kier alpha value is -1.66. The quantitative estimate of drug-likeness (QED) is 0.897. The van der Waals surface area contributed by atoms with Crippen molar-refractivity contribution in [2.24, 2.45) is 0 Å². The molecule has 6 heteroatoms. The number of carboxylic acid groups (broad SMARTS) is 1. The molecule has 0 unspecified atom stereocenters. The molecule has 19 heavy (non-hydrogen) atoms. The van der Waals surface area contributed by atoms with Crippen molar-refractivity contribution in [3.05, 3.63) is 50.6 Å². The average molecular weight is 340 g/mol. The van der Waals surface area contributed by atoms with Crippen LogP contribution in [0, 0.1) is 0 Å². The fourth-order valence-electron chi connectivity index (χ4n) is 1.57. The van der Waals surface area contributed by atoms with E-state index in [2.05, 4.69) is 21.2 Å². The van der Waals surface area contributed by atoms with Crippen LogP contribution >= 0.6 is 27.3 Å². The summed E-state index contributed by atoms with van der Waals surface area (Å²) in [6.45, 7) is 0. The van der Waals surface area contributed by atoms with Gasteiger partial charge in [-0.1, -0.05) is 12.1 Å². The number of hydrogen-bond donors (Lipinski definition) is 2. The zero-order chi connectivity index (χ0) is 13.8. The van der Waals surface area contributed by atoms with E-state index in [4.69, 9.17) is 5.11 Å². The van der Waals surface area contributed by atoms with E-state index >= 15 is 0 Å². The van der Waals surface area contributed by atoms with Gasteiger partial charge in [-0.2, -0.15) is 0 Å². The number of anilines is 1. The predicted octanol–water partition coefficient (Wildman–Crippen LogP) is 3.39. The molecule has 0 radical (unpaired) electrons. The van der Waals surface area contributed by atoms with Crippen LogP contribution in [0.4, 0.5) is 5.69 Å². The summed E-state index contributed by atoms with van der Waals surface area (Å²) >= 11 is 4.73. The van der Waals surface area contributed by atoms with Crippen molar-refractivity contribution in [3.63, 3.8) is 0 Å². The van der Waals surface area contributed by atoms with E-state index in [9.17, 15) is 9.59 Å². The summed E-state index contributed by atoms with van der Waals surface area (Å²) in [4.78, 5) is 22.6. The first-order valence-corrected chi connectivity index (χ1v) is 7.08. The van der Waals surface area contributed by atoms with Gasteiger partial charge in [-0.05, 0) is 39.7 Å². The Balaban J connectivity index is 2.10. The van der Waals surface area contributed by atoms with E-state index < -0.39 is 5.97 Å². The Bertz CT molecular complexity index is 624. The smallest absolute Gasteiger partial charge is 0.307 e. The van der Waals surface area contributed by atoms with Gasteiger partial charge in [0.15, 0.2) is 0 Å². The molecule has 0 fully saturated rings. The summed E-state index contributed by atoms with van der Waals surface area (Å²) in [6, 6.07) is 8.56. The van der Waals surface area contributed by atoms with Crippen LogP contribution < -0.4 is 5.32 Å². The van der Waals surface area contributed by atoms with Crippen molar-refractivity contribution in [1.82, 2.24) is 0 Å². The molecule has 0 aliphatic heterocycles. The van der Waals surface area contributed by atoms with Gasteiger partial charge in [0.2, 0.25) is 0 Å². The van der Waals surface area contributed by atoms with Crippen molar-refractivity contribution >= 4 is 44.8 Å². The Morgan fingerprint density at radius 2 is 2.11 bits per heavy atom. The Morgan fingerprint density at radius 1 is 1.32 bits per heavy atom. The maximum absolute atomic E-state index is 11.9. The third kappa shape index (κ3) is 3.90. The molecular formula is C13H10BrNO3S. The molecule has 4 nitrogen and oxygen atoms in total. The van der Waals surface area contributed by atoms with Crippen molar-refractivity contribution in [2.75, 3.05) is 5.32 Å². The van der Waals surface area contributed by atoms with E-state index in [0.717, 1.165) is 3.79 Å². The minimum atomic E-state index is -0.898. The van der Waals surface area contributed by atoms with Crippen LogP contribution in [-0.2, 0) is 11.2 Å². The summed E-state index contributed by atoms with van der Waals surface area (Å²) in [6.07, 6.45) is -0.0618. The van der Waals surface area contributed by atoms with Crippen molar-refractivity contribution < 1.29 is 14.7 Å². The predicted molar refractivity (Wildman–Crippen MR) is 77.8 cm³/mol. The maximum atomic E-state index is 11.9. The molecular weight excluding hydrogens is 330 g/mol. The van der Waals surface area contributed by atoms with E-state index in [-0.39, 0.29) is 12.3 Å². The van der Waals surface area contributed by atoms with Crippen LogP contribution in [0.2, 0.25) is 0 Å². The first-order chi connectivity index (χ1) is 9.04. The molecule has 2 N–H and O–H groups in total. The van der Waals surface area contributed by atoms with Crippen LogP contribution in [0.15, 0.2) is 39.5 Å². The first-order valence-electron chi connectivity index (χ1n) is 5.41. The number of benzene rings is 1. The molecule has 0 atom stereocenters. The topological polar surface area (TPSA) is 66.4 Å². The molecule has 1 amide bonds. The highest BCUT2D eigenvalue weighted by molar-refractivity contribution is 9.11. The fourth-order valence-corrected chi connectivity index (χ4v) is 2.70. The normalized spacial score (nSPS) is 10.2. The zero-order valence-electron chi connectivity index (χ0n) is 9.72. The number of carboxylic acids is 1. The summed E-state index contributed by atoms with van der Waals surface area (Å²) in [5, 5.41) is 13.2. The maximum Gasteiger partial charge on any atom is 0.307 e. The molecule has 1 heterocycles. The van der Waals surface area contributed by atoms with Crippen molar-refractivity contribution in [3.8, 4) is 0 Å². The number of aliphatic carboxylic acids is 1. The van der Waals surface area contributed by atoms with Gasteiger partial charge in [-0.15, -0.1) is 11.3 Å². The minimum Gasteiger partial charge on any atom is -0.481 e. The van der Waals surface area contributed by atoms with Gasteiger partial charge in [0, 0.05) is 11.1 Å². The molecule has 2 rings (SSSR count). The largest absolute Gasteiger partial charge is 0.481 e. The van der Waals surface area contributed by atoms with Crippen LogP contribution in [0.5, 0.6) is 0 Å². The van der Waals surface area contributed by atoms with Gasteiger partial charge in [-0.25, -0.2) is 0 Å². The van der Waals surface area contributed by atoms with E-state index in [1.54, 1.807) is 35.7 Å². The van der Waals surface area contributed by atoms with E-state index in [0.29, 0.717) is 16.8 Å². The molecule has 0 spiro atoms. The van der Waals surface area contributed by atoms with Gasteiger partial charge >= 0.3 is 5.97 Å². The highest BCUT2D eigenvalue weighted by atomic mass is 79.9. The zero-order valence-corrected chi connectivity index (χ0v) is 12.1. The van der Waals surface area contributed by atoms with Gasteiger partial charge in [-0.3, -0.25) is 9.59 Å². The monoisotopic (exact) mass is 339 g/mol. The molecule has 0 aliphatic rings. The molecule has 0 saturated carbocycles. The van der Waals surface area contributed by atoms with Crippen LogP contribution in [0.25, 0.3) is 0 Å². The van der Waals surface area contributed by atoms with Crippen molar-refractivity contribution in [1.29, 1.82) is 0 Å². The number of carbonyl (C=O) groups excluding carboxylic acids is 1. The van der Waals surface area contributed by atoms with Gasteiger partial charge in [0.25, 0.3) is 5.91 Å². The molecule has 98 valence electrons. The van der Waals surface area contributed by atoms with Crippen molar-refractivity contribution in [2.45, 2.75) is 6.42 Å². The van der Waals surface area contributed by atoms with E-state index in [1.165, 1.54) is 11.3 Å². The molecule has 1 aromatic carbocycles. The van der Waals surface area contributed by atoms with Crippen LogP contribution in [0.3, 0.4) is 0 Å². The Morgan fingerprint density at radius 3 is 2.74 bits per heavy atom. The van der Waals surface area contributed by atoms with E-state index in [1.807, 2.05) is 0 Å². The number of carbonyl (C=O) groups is 2. The number of thiophene rings is 1. The number of amides is 1. The fraction of sp³-hybridized carbons (Fsp3) is 0.0769. The molecule has 0 aliphatic carbocycles. The lowest BCUT2D eigenvalue weighted by Gasteiger charge is -2.05. The second-order valence-electron chi connectivity index (χ2n) is 3.86. The molecule has 0 bridgehead atoms. The lowest BCUT2D eigenvalue weighted by Crippen LogP contribution is -2.11. The number of halogens is 1. The SMILES string of the molecule is O=C(O)Cc1cccc(NC(=O)c2csc(Br)c2)c1. The van der Waals surface area contributed by atoms with Gasteiger partial charge < -0.3 is 10.4 Å². The Labute approximate surface area is 122 Å². The number of nitrogens with one attached hydrogen (secondary N) is 1. The van der Waals surface area contributed by atoms with Gasteiger partial charge in [0.1, 0.15) is 0 Å². The summed E-state index contributed by atoms with van der Waals surface area (Å²) in [5.41, 5.74) is 1.81. The summed E-state index contributed by atoms with van der Waals surface area (Å²) in [7, 11) is 0. The average Bonchev–Trinajstić information content (AvgIpc) is 2.75. The second kappa shape index (κ2) is 5.99. The highest BCUT2D eigenvalue weighted by Crippen LogP contribution is 2.21. The molecule has 0 saturated heterocycles. The standard InChI is InChI=1S/C13H10BrNO3S/c14-11-6-9(7-19-11)13(18)15-10-3-1-2-8(4-10)5-12(16)17/h1-4,6-7H,5H2,(H,15,18)(H,16,17).